The lowest BCUT2D eigenvalue weighted by molar-refractivity contribution is 0.478. The van der Waals surface area contributed by atoms with Crippen LogP contribution in [0.3, 0.4) is 0 Å². The van der Waals surface area contributed by atoms with E-state index in [1.54, 1.807) is 18.2 Å². The van der Waals surface area contributed by atoms with Crippen LogP contribution >= 0.6 is 0 Å². The van der Waals surface area contributed by atoms with Crippen LogP contribution in [-0.4, -0.2) is 23.1 Å². The van der Waals surface area contributed by atoms with E-state index in [4.69, 9.17) is 4.18 Å². The summed E-state index contributed by atoms with van der Waals surface area (Å²) >= 11 is 0. The molecule has 1 atom stereocenters. The molecule has 1 unspecified atom stereocenters. The molecule has 0 aromatic heterocycles. The van der Waals surface area contributed by atoms with E-state index in [2.05, 4.69) is 0 Å². The van der Waals surface area contributed by atoms with Gasteiger partial charge in [-0.05, 0) is 42.2 Å². The van der Waals surface area contributed by atoms with Crippen molar-refractivity contribution in [1.29, 1.82) is 0 Å². The van der Waals surface area contributed by atoms with Crippen molar-refractivity contribution in [2.75, 3.05) is 11.0 Å². The van der Waals surface area contributed by atoms with Gasteiger partial charge in [0.1, 0.15) is 16.5 Å². The highest BCUT2D eigenvalue weighted by atomic mass is 32.2. The Morgan fingerprint density at radius 3 is 2.35 bits per heavy atom. The number of benzene rings is 2. The molecule has 0 aliphatic rings. The Kier molecular flexibility index (Phi) is 5.92. The summed E-state index contributed by atoms with van der Waals surface area (Å²) in [4.78, 5) is -0.409. The Hall–Kier alpha value is -2.13. The summed E-state index contributed by atoms with van der Waals surface area (Å²) in [5.41, 5.74) is 0.390. The highest BCUT2D eigenvalue weighted by Crippen LogP contribution is 2.31. The number of sulfonamides is 1. The van der Waals surface area contributed by atoms with E-state index in [1.807, 2.05) is 18.6 Å². The first-order chi connectivity index (χ1) is 12.0. The van der Waals surface area contributed by atoms with Gasteiger partial charge < -0.3 is 4.18 Å². The molecule has 0 amide bonds. The van der Waals surface area contributed by atoms with Crippen molar-refractivity contribution >= 4 is 25.8 Å². The zero-order chi connectivity index (χ0) is 19.5. The summed E-state index contributed by atoms with van der Waals surface area (Å²) < 4.78 is 68.6. The fourth-order valence-electron chi connectivity index (χ4n) is 2.28. The van der Waals surface area contributed by atoms with Crippen LogP contribution in [0.2, 0.25) is 0 Å². The van der Waals surface area contributed by atoms with E-state index in [-0.39, 0.29) is 17.4 Å². The Balaban J connectivity index is 2.36. The second kappa shape index (κ2) is 7.63. The van der Waals surface area contributed by atoms with Gasteiger partial charge in [-0.15, -0.1) is 0 Å². The summed E-state index contributed by atoms with van der Waals surface area (Å²) in [6.45, 7) is 3.92. The smallest absolute Gasteiger partial charge is 0.339 e. The van der Waals surface area contributed by atoms with Gasteiger partial charge in [0.2, 0.25) is 10.0 Å². The number of rotatable bonds is 7. The van der Waals surface area contributed by atoms with Crippen LogP contribution in [-0.2, 0) is 20.1 Å². The quantitative estimate of drug-likeness (QED) is 0.718. The van der Waals surface area contributed by atoms with E-state index in [0.29, 0.717) is 6.07 Å². The van der Waals surface area contributed by atoms with Crippen molar-refractivity contribution in [2.45, 2.75) is 31.1 Å². The summed E-state index contributed by atoms with van der Waals surface area (Å²) in [6, 6.07) is 9.58. The molecule has 26 heavy (non-hydrogen) atoms. The number of halogens is 1. The molecule has 0 radical (unpaired) electrons. The van der Waals surface area contributed by atoms with Gasteiger partial charge in [-0.1, -0.05) is 32.0 Å². The highest BCUT2D eigenvalue weighted by molar-refractivity contribution is 7.92. The molecule has 142 valence electrons. The van der Waals surface area contributed by atoms with E-state index >= 15 is 0 Å². The Morgan fingerprint density at radius 2 is 1.77 bits per heavy atom. The third-order valence-electron chi connectivity index (χ3n) is 3.79. The Labute approximate surface area is 153 Å². The Morgan fingerprint density at radius 1 is 1.12 bits per heavy atom. The molecule has 0 saturated heterocycles. The monoisotopic (exact) mass is 401 g/mol. The number of hydrogen-bond acceptors (Lipinski definition) is 5. The van der Waals surface area contributed by atoms with Gasteiger partial charge in [0.25, 0.3) is 0 Å². The standard InChI is InChI=1S/C17H20FNO5S2/c1-4-12(2)14-7-5-6-8-17(14)24-26(22,23)13-9-10-16(15(18)11-13)19-25(3,20)21/h5-12,19H,4H2,1-3H3. The van der Waals surface area contributed by atoms with Crippen molar-refractivity contribution in [3.05, 3.63) is 53.8 Å². The normalized spacial score (nSPS) is 13.2. The zero-order valence-corrected chi connectivity index (χ0v) is 16.2. The van der Waals surface area contributed by atoms with Gasteiger partial charge in [0.05, 0.1) is 11.9 Å². The van der Waals surface area contributed by atoms with Crippen molar-refractivity contribution in [3.63, 3.8) is 0 Å². The number of anilines is 1. The maximum Gasteiger partial charge on any atom is 0.339 e. The van der Waals surface area contributed by atoms with Crippen LogP contribution in [0.4, 0.5) is 10.1 Å². The molecule has 0 spiro atoms. The number of para-hydroxylation sites is 1. The lowest BCUT2D eigenvalue weighted by atomic mass is 9.98. The lowest BCUT2D eigenvalue weighted by Gasteiger charge is -2.15. The van der Waals surface area contributed by atoms with Crippen molar-refractivity contribution in [3.8, 4) is 5.75 Å². The molecule has 0 bridgehead atoms. The van der Waals surface area contributed by atoms with Crippen molar-refractivity contribution < 1.29 is 25.4 Å². The van der Waals surface area contributed by atoms with Crippen LogP contribution in [0.25, 0.3) is 0 Å². The van der Waals surface area contributed by atoms with Gasteiger partial charge in [-0.3, -0.25) is 4.72 Å². The first-order valence-corrected chi connectivity index (χ1v) is 11.1. The molecule has 0 saturated carbocycles. The maximum absolute atomic E-state index is 14.1. The van der Waals surface area contributed by atoms with Gasteiger partial charge in [-0.2, -0.15) is 8.42 Å². The fraction of sp³-hybridized carbons (Fsp3) is 0.294. The van der Waals surface area contributed by atoms with E-state index in [0.717, 1.165) is 30.4 Å². The van der Waals surface area contributed by atoms with Crippen molar-refractivity contribution in [1.82, 2.24) is 0 Å². The molecule has 0 fully saturated rings. The van der Waals surface area contributed by atoms with Gasteiger partial charge in [-0.25, -0.2) is 12.8 Å². The first kappa shape index (κ1) is 20.2. The minimum Gasteiger partial charge on any atom is -0.379 e. The van der Waals surface area contributed by atoms with Gasteiger partial charge in [0.15, 0.2) is 0 Å². The molecule has 0 aliphatic heterocycles. The average molecular weight is 401 g/mol. The molecule has 2 aromatic rings. The third-order valence-corrected chi connectivity index (χ3v) is 5.61. The summed E-state index contributed by atoms with van der Waals surface area (Å²) in [7, 11) is -7.96. The minimum absolute atomic E-state index is 0.0828. The molecule has 1 N–H and O–H groups in total. The molecular weight excluding hydrogens is 381 g/mol. The van der Waals surface area contributed by atoms with Crippen molar-refractivity contribution in [2.24, 2.45) is 0 Å². The minimum atomic E-state index is -4.28. The lowest BCUT2D eigenvalue weighted by Crippen LogP contribution is -2.14. The van der Waals surface area contributed by atoms with E-state index in [1.165, 1.54) is 6.07 Å². The number of nitrogens with one attached hydrogen (secondary N) is 1. The molecule has 6 nitrogen and oxygen atoms in total. The van der Waals surface area contributed by atoms with Crippen LogP contribution in [0.1, 0.15) is 31.7 Å². The van der Waals surface area contributed by atoms with Gasteiger partial charge in [0, 0.05) is 0 Å². The third kappa shape index (κ3) is 4.95. The van der Waals surface area contributed by atoms with Crippen LogP contribution in [0.15, 0.2) is 47.4 Å². The molecular formula is C17H20FNO5S2. The van der Waals surface area contributed by atoms with E-state index < -0.39 is 30.9 Å². The SMILES string of the molecule is CCC(C)c1ccccc1OS(=O)(=O)c1ccc(NS(C)(=O)=O)c(F)c1. The van der Waals surface area contributed by atoms with Crippen LogP contribution in [0.5, 0.6) is 5.75 Å². The molecule has 0 aliphatic carbocycles. The molecule has 9 heteroatoms. The average Bonchev–Trinajstić information content (AvgIpc) is 2.55. The second-order valence-electron chi connectivity index (χ2n) is 5.90. The highest BCUT2D eigenvalue weighted by Gasteiger charge is 2.22. The predicted molar refractivity (Wildman–Crippen MR) is 97.8 cm³/mol. The predicted octanol–water partition coefficient (Wildman–Crippen LogP) is 3.48. The van der Waals surface area contributed by atoms with E-state index in [9.17, 15) is 21.2 Å². The second-order valence-corrected chi connectivity index (χ2v) is 9.20. The van der Waals surface area contributed by atoms with Crippen LogP contribution < -0.4 is 8.91 Å². The molecule has 2 rings (SSSR count). The summed E-state index contributed by atoms with van der Waals surface area (Å²) in [6.07, 6.45) is 1.66. The Bertz CT molecular complexity index is 1000. The van der Waals surface area contributed by atoms with Crippen LogP contribution in [0, 0.1) is 5.82 Å². The summed E-state index contributed by atoms with van der Waals surface area (Å²) in [5.74, 6) is -0.754. The molecule has 2 aromatic carbocycles. The zero-order valence-electron chi connectivity index (χ0n) is 14.6. The molecule has 0 heterocycles. The largest absolute Gasteiger partial charge is 0.379 e. The van der Waals surface area contributed by atoms with Gasteiger partial charge >= 0.3 is 10.1 Å². The topological polar surface area (TPSA) is 89.5 Å². The summed E-state index contributed by atoms with van der Waals surface area (Å²) in [5, 5.41) is 0. The number of hydrogen-bond donors (Lipinski definition) is 1. The first-order valence-electron chi connectivity index (χ1n) is 7.84. The maximum atomic E-state index is 14.1. The fourth-order valence-corrected chi connectivity index (χ4v) is 3.82.